The summed E-state index contributed by atoms with van der Waals surface area (Å²) in [6, 6.07) is 11.3. The van der Waals surface area contributed by atoms with Gasteiger partial charge in [-0.25, -0.2) is 14.8 Å². The van der Waals surface area contributed by atoms with E-state index in [1.165, 1.54) is 12.8 Å². The molecule has 1 aromatic carbocycles. The van der Waals surface area contributed by atoms with Gasteiger partial charge in [0.1, 0.15) is 24.1 Å². The molecular formula is C21H28N6O3. The highest BCUT2D eigenvalue weighted by Crippen LogP contribution is 2.20. The molecule has 0 saturated carbocycles. The second-order valence-corrected chi connectivity index (χ2v) is 7.04. The smallest absolute Gasteiger partial charge is 0.407 e. The van der Waals surface area contributed by atoms with Crippen molar-refractivity contribution >= 4 is 23.6 Å². The zero-order valence-electron chi connectivity index (χ0n) is 17.2. The number of nitrogens with zero attached hydrogens (tertiary/aromatic N) is 3. The van der Waals surface area contributed by atoms with Crippen LogP contribution in [0.15, 0.2) is 36.4 Å². The van der Waals surface area contributed by atoms with Gasteiger partial charge in [0.15, 0.2) is 0 Å². The molecule has 3 N–H and O–H groups in total. The van der Waals surface area contributed by atoms with E-state index in [0.29, 0.717) is 18.9 Å². The molecule has 9 heteroatoms. The third kappa shape index (κ3) is 6.91. The van der Waals surface area contributed by atoms with Crippen LogP contribution in [0, 0.1) is 6.92 Å². The van der Waals surface area contributed by atoms with Crippen LogP contribution in [0.4, 0.5) is 16.4 Å². The Bertz CT molecular complexity index is 840. The summed E-state index contributed by atoms with van der Waals surface area (Å²) in [7, 11) is 0. The summed E-state index contributed by atoms with van der Waals surface area (Å²) in [6.45, 7) is 4.85. The molecule has 0 aliphatic carbocycles. The van der Waals surface area contributed by atoms with Crippen molar-refractivity contribution in [3.05, 3.63) is 47.8 Å². The van der Waals surface area contributed by atoms with E-state index in [1.807, 2.05) is 43.3 Å². The van der Waals surface area contributed by atoms with E-state index in [2.05, 4.69) is 30.8 Å². The van der Waals surface area contributed by atoms with Gasteiger partial charge in [0.2, 0.25) is 5.91 Å². The maximum Gasteiger partial charge on any atom is 0.407 e. The average molecular weight is 412 g/mol. The molecule has 0 radical (unpaired) electrons. The van der Waals surface area contributed by atoms with Gasteiger partial charge in [0.05, 0.1) is 6.54 Å². The van der Waals surface area contributed by atoms with Crippen molar-refractivity contribution in [2.24, 2.45) is 0 Å². The predicted octanol–water partition coefficient (Wildman–Crippen LogP) is 1.84. The highest BCUT2D eigenvalue weighted by molar-refractivity contribution is 5.82. The SMILES string of the molecule is Cc1nc(NCCNC(=O)CNC(=O)OCc2ccccc2)cc(N2CCCC2)n1. The maximum absolute atomic E-state index is 11.9. The first-order valence-electron chi connectivity index (χ1n) is 10.2. The van der Waals surface area contributed by atoms with Crippen molar-refractivity contribution in [3.8, 4) is 0 Å². The number of carbonyl (C=O) groups excluding carboxylic acids is 2. The second-order valence-electron chi connectivity index (χ2n) is 7.04. The minimum atomic E-state index is -0.627. The summed E-state index contributed by atoms with van der Waals surface area (Å²) in [4.78, 5) is 34.7. The number of ether oxygens (including phenoxy) is 1. The molecule has 9 nitrogen and oxygen atoms in total. The van der Waals surface area contributed by atoms with E-state index < -0.39 is 6.09 Å². The van der Waals surface area contributed by atoms with Gasteiger partial charge < -0.3 is 25.6 Å². The quantitative estimate of drug-likeness (QED) is 0.539. The topological polar surface area (TPSA) is 108 Å². The number of carbonyl (C=O) groups is 2. The molecule has 2 amide bonds. The Morgan fingerprint density at radius 3 is 2.60 bits per heavy atom. The molecule has 1 saturated heterocycles. The first-order chi connectivity index (χ1) is 14.6. The molecule has 1 fully saturated rings. The first-order valence-corrected chi connectivity index (χ1v) is 10.2. The van der Waals surface area contributed by atoms with E-state index in [1.54, 1.807) is 0 Å². The number of hydrogen-bond donors (Lipinski definition) is 3. The molecule has 2 aromatic rings. The number of aryl methyl sites for hydroxylation is 1. The normalized spacial score (nSPS) is 13.0. The number of aromatic nitrogens is 2. The van der Waals surface area contributed by atoms with Crippen molar-refractivity contribution < 1.29 is 14.3 Å². The Morgan fingerprint density at radius 2 is 1.83 bits per heavy atom. The van der Waals surface area contributed by atoms with Crippen molar-refractivity contribution in [2.45, 2.75) is 26.4 Å². The molecule has 0 bridgehead atoms. The van der Waals surface area contributed by atoms with Crippen LogP contribution in [0.3, 0.4) is 0 Å². The van der Waals surface area contributed by atoms with Gasteiger partial charge in [0.25, 0.3) is 0 Å². The minimum absolute atomic E-state index is 0.140. The molecule has 160 valence electrons. The number of hydrogen-bond acceptors (Lipinski definition) is 7. The van der Waals surface area contributed by atoms with Gasteiger partial charge in [-0.2, -0.15) is 0 Å². The Balaban J connectivity index is 1.31. The molecule has 1 aliphatic rings. The second kappa shape index (κ2) is 11.0. The molecule has 1 aromatic heterocycles. The lowest BCUT2D eigenvalue weighted by molar-refractivity contribution is -0.120. The fourth-order valence-corrected chi connectivity index (χ4v) is 3.13. The summed E-state index contributed by atoms with van der Waals surface area (Å²) in [5.41, 5.74) is 0.885. The molecule has 0 spiro atoms. The van der Waals surface area contributed by atoms with Crippen LogP contribution in [-0.4, -0.2) is 54.7 Å². The zero-order valence-corrected chi connectivity index (χ0v) is 17.2. The minimum Gasteiger partial charge on any atom is -0.445 e. The van der Waals surface area contributed by atoms with E-state index in [-0.39, 0.29) is 19.1 Å². The number of alkyl carbamates (subject to hydrolysis) is 1. The van der Waals surface area contributed by atoms with Gasteiger partial charge in [0, 0.05) is 32.2 Å². The van der Waals surface area contributed by atoms with Crippen LogP contribution >= 0.6 is 0 Å². The largest absolute Gasteiger partial charge is 0.445 e. The summed E-state index contributed by atoms with van der Waals surface area (Å²) in [5, 5.41) is 8.38. The number of amides is 2. The van der Waals surface area contributed by atoms with Crippen LogP contribution in [0.1, 0.15) is 24.2 Å². The Hall–Kier alpha value is -3.36. The van der Waals surface area contributed by atoms with Crippen molar-refractivity contribution in [1.82, 2.24) is 20.6 Å². The summed E-state index contributed by atoms with van der Waals surface area (Å²) in [6.07, 6.45) is 1.75. The first kappa shape index (κ1) is 21.4. The number of nitrogens with one attached hydrogen (secondary N) is 3. The highest BCUT2D eigenvalue weighted by atomic mass is 16.5. The summed E-state index contributed by atoms with van der Waals surface area (Å²) in [5.74, 6) is 2.10. The van der Waals surface area contributed by atoms with Crippen LogP contribution in [0.5, 0.6) is 0 Å². The molecular weight excluding hydrogens is 384 g/mol. The number of anilines is 2. The van der Waals surface area contributed by atoms with Gasteiger partial charge >= 0.3 is 6.09 Å². The van der Waals surface area contributed by atoms with Crippen molar-refractivity contribution in [2.75, 3.05) is 42.9 Å². The number of benzene rings is 1. The van der Waals surface area contributed by atoms with Crippen LogP contribution in [0.25, 0.3) is 0 Å². The fourth-order valence-electron chi connectivity index (χ4n) is 3.13. The third-order valence-corrected chi connectivity index (χ3v) is 4.61. The van der Waals surface area contributed by atoms with Gasteiger partial charge in [-0.1, -0.05) is 30.3 Å². The summed E-state index contributed by atoms with van der Waals surface area (Å²) < 4.78 is 5.07. The lowest BCUT2D eigenvalue weighted by Gasteiger charge is -2.17. The average Bonchev–Trinajstić information content (AvgIpc) is 3.29. The van der Waals surface area contributed by atoms with Gasteiger partial charge in [-0.05, 0) is 25.3 Å². The zero-order chi connectivity index (χ0) is 21.2. The molecule has 3 rings (SSSR count). The van der Waals surface area contributed by atoms with Crippen LogP contribution < -0.4 is 20.9 Å². The Morgan fingerprint density at radius 1 is 1.07 bits per heavy atom. The predicted molar refractivity (Wildman–Crippen MR) is 114 cm³/mol. The molecule has 0 atom stereocenters. The maximum atomic E-state index is 11.9. The van der Waals surface area contributed by atoms with E-state index in [9.17, 15) is 9.59 Å². The van der Waals surface area contributed by atoms with Crippen molar-refractivity contribution in [1.29, 1.82) is 0 Å². The van der Waals surface area contributed by atoms with Crippen LogP contribution in [-0.2, 0) is 16.1 Å². The van der Waals surface area contributed by atoms with E-state index >= 15 is 0 Å². The van der Waals surface area contributed by atoms with E-state index in [4.69, 9.17) is 4.74 Å². The molecule has 30 heavy (non-hydrogen) atoms. The molecule has 2 heterocycles. The van der Waals surface area contributed by atoms with Gasteiger partial charge in [-0.15, -0.1) is 0 Å². The standard InChI is InChI=1S/C21H28N6O3/c1-16-25-18(13-19(26-16)27-11-5-6-12-27)22-9-10-23-20(28)14-24-21(29)30-15-17-7-3-2-4-8-17/h2-4,7-8,13H,5-6,9-12,14-15H2,1H3,(H,23,28)(H,24,29)(H,22,25,26). The fraction of sp³-hybridized carbons (Fsp3) is 0.429. The molecule has 0 unspecified atom stereocenters. The highest BCUT2D eigenvalue weighted by Gasteiger charge is 2.15. The Kier molecular flexibility index (Phi) is 7.82. The monoisotopic (exact) mass is 412 g/mol. The van der Waals surface area contributed by atoms with Crippen molar-refractivity contribution in [3.63, 3.8) is 0 Å². The van der Waals surface area contributed by atoms with Gasteiger partial charge in [-0.3, -0.25) is 4.79 Å². The Labute approximate surface area is 176 Å². The molecule has 1 aliphatic heterocycles. The summed E-state index contributed by atoms with van der Waals surface area (Å²) >= 11 is 0. The lowest BCUT2D eigenvalue weighted by atomic mass is 10.2. The number of rotatable bonds is 9. The van der Waals surface area contributed by atoms with Crippen LogP contribution in [0.2, 0.25) is 0 Å². The third-order valence-electron chi connectivity index (χ3n) is 4.61. The lowest BCUT2D eigenvalue weighted by Crippen LogP contribution is -2.38. The van der Waals surface area contributed by atoms with E-state index in [0.717, 1.165) is 30.3 Å².